The van der Waals surface area contributed by atoms with Crippen LogP contribution in [0, 0.1) is 5.41 Å². The van der Waals surface area contributed by atoms with Crippen molar-refractivity contribution in [2.75, 3.05) is 7.11 Å². The molecule has 0 aliphatic heterocycles. The van der Waals surface area contributed by atoms with Crippen molar-refractivity contribution in [2.45, 2.75) is 12.8 Å². The van der Waals surface area contributed by atoms with Gasteiger partial charge in [0.1, 0.15) is 11.7 Å². The summed E-state index contributed by atoms with van der Waals surface area (Å²) in [5.41, 5.74) is 10.1. The Hall–Kier alpha value is -3.41. The first-order valence-corrected chi connectivity index (χ1v) is 8.62. The van der Waals surface area contributed by atoms with E-state index in [9.17, 15) is 4.79 Å². The number of hydrogen-bond donors (Lipinski definition) is 2. The number of carbonyl (C=O) groups excluding carboxylic acids is 1. The summed E-state index contributed by atoms with van der Waals surface area (Å²) in [6.45, 7) is 0. The van der Waals surface area contributed by atoms with Crippen LogP contribution in [0.2, 0.25) is 0 Å². The van der Waals surface area contributed by atoms with Crippen LogP contribution >= 0.6 is 0 Å². The van der Waals surface area contributed by atoms with Gasteiger partial charge in [-0.15, -0.1) is 0 Å². The molecule has 138 valence electrons. The summed E-state index contributed by atoms with van der Waals surface area (Å²) in [6, 6.07) is 15.5. The summed E-state index contributed by atoms with van der Waals surface area (Å²) in [5, 5.41) is 7.48. The molecule has 0 radical (unpaired) electrons. The van der Waals surface area contributed by atoms with Crippen LogP contribution in [0.15, 0.2) is 54.7 Å². The van der Waals surface area contributed by atoms with E-state index in [1.54, 1.807) is 0 Å². The smallest absolute Gasteiger partial charge is 0.305 e. The number of nitrogens with one attached hydrogen (secondary N) is 1. The van der Waals surface area contributed by atoms with Crippen molar-refractivity contribution in [3.8, 4) is 22.6 Å². The van der Waals surface area contributed by atoms with E-state index in [2.05, 4.69) is 4.74 Å². The minimum Gasteiger partial charge on any atom is -0.469 e. The number of nitrogen functional groups attached to an aromatic ring is 1. The molecule has 2 aromatic carbocycles. The Bertz CT molecular complexity index is 957. The average Bonchev–Trinajstić information content (AvgIpc) is 3.08. The highest BCUT2D eigenvalue weighted by molar-refractivity contribution is 5.95. The van der Waals surface area contributed by atoms with E-state index in [0.29, 0.717) is 18.4 Å². The molecular formula is C21H22N4O2. The molecule has 0 bridgehead atoms. The van der Waals surface area contributed by atoms with Crippen LogP contribution in [-0.2, 0) is 23.0 Å². The summed E-state index contributed by atoms with van der Waals surface area (Å²) < 4.78 is 6.65. The molecule has 3 aromatic rings. The quantitative estimate of drug-likeness (QED) is 0.400. The molecular weight excluding hydrogens is 340 g/mol. The van der Waals surface area contributed by atoms with Gasteiger partial charge < -0.3 is 15.0 Å². The monoisotopic (exact) mass is 362 g/mol. The Morgan fingerprint density at radius 1 is 1.11 bits per heavy atom. The highest BCUT2D eigenvalue weighted by Gasteiger charge is 2.10. The SMILES string of the molecule is COC(=O)CCc1ccc(-c2cn(C)c(-c3ccc(C(=N)N)cc3)n2)cc1. The third-order valence-corrected chi connectivity index (χ3v) is 4.43. The van der Waals surface area contributed by atoms with Gasteiger partial charge in [0, 0.05) is 36.4 Å². The number of imidazole rings is 1. The van der Waals surface area contributed by atoms with E-state index < -0.39 is 0 Å². The van der Waals surface area contributed by atoms with Crippen molar-refractivity contribution in [1.82, 2.24) is 9.55 Å². The number of carbonyl (C=O) groups is 1. The summed E-state index contributed by atoms with van der Waals surface area (Å²) >= 11 is 0. The van der Waals surface area contributed by atoms with Crippen LogP contribution in [-0.4, -0.2) is 28.5 Å². The van der Waals surface area contributed by atoms with Crippen molar-refractivity contribution < 1.29 is 9.53 Å². The zero-order chi connectivity index (χ0) is 19.4. The van der Waals surface area contributed by atoms with Crippen LogP contribution in [0.5, 0.6) is 0 Å². The normalized spacial score (nSPS) is 10.6. The molecule has 0 aliphatic rings. The van der Waals surface area contributed by atoms with Crippen molar-refractivity contribution in [1.29, 1.82) is 5.41 Å². The average molecular weight is 362 g/mol. The van der Waals surface area contributed by atoms with E-state index in [1.165, 1.54) is 7.11 Å². The van der Waals surface area contributed by atoms with Crippen LogP contribution in [0.25, 0.3) is 22.6 Å². The number of esters is 1. The largest absolute Gasteiger partial charge is 0.469 e. The molecule has 1 aromatic heterocycles. The van der Waals surface area contributed by atoms with Gasteiger partial charge in [-0.05, 0) is 12.0 Å². The first-order valence-electron chi connectivity index (χ1n) is 8.62. The molecule has 6 nitrogen and oxygen atoms in total. The lowest BCUT2D eigenvalue weighted by Crippen LogP contribution is -2.10. The van der Waals surface area contributed by atoms with Gasteiger partial charge in [0.15, 0.2) is 0 Å². The van der Waals surface area contributed by atoms with Crippen molar-refractivity contribution in [3.63, 3.8) is 0 Å². The number of hydrogen-bond acceptors (Lipinski definition) is 4. The summed E-state index contributed by atoms with van der Waals surface area (Å²) in [4.78, 5) is 16.0. The maximum atomic E-state index is 11.3. The van der Waals surface area contributed by atoms with Gasteiger partial charge >= 0.3 is 5.97 Å². The molecule has 27 heavy (non-hydrogen) atoms. The van der Waals surface area contributed by atoms with E-state index in [-0.39, 0.29) is 11.8 Å². The molecule has 0 unspecified atom stereocenters. The van der Waals surface area contributed by atoms with Gasteiger partial charge in [0.25, 0.3) is 0 Å². The Labute approximate surface area is 158 Å². The predicted molar refractivity (Wildman–Crippen MR) is 105 cm³/mol. The van der Waals surface area contributed by atoms with Crippen LogP contribution in [0.3, 0.4) is 0 Å². The molecule has 3 N–H and O–H groups in total. The fourth-order valence-electron chi connectivity index (χ4n) is 2.86. The molecule has 0 atom stereocenters. The van der Waals surface area contributed by atoms with Crippen LogP contribution in [0.4, 0.5) is 0 Å². The van der Waals surface area contributed by atoms with E-state index in [1.807, 2.05) is 66.3 Å². The third kappa shape index (κ3) is 4.23. The van der Waals surface area contributed by atoms with Crippen molar-refractivity contribution >= 4 is 11.8 Å². The Morgan fingerprint density at radius 3 is 2.33 bits per heavy atom. The number of ether oxygens (including phenoxy) is 1. The standard InChI is InChI=1S/C21H22N4O2/c1-25-13-18(15-6-3-14(4-7-15)5-12-19(26)27-2)24-21(25)17-10-8-16(9-11-17)20(22)23/h3-4,6-11,13H,5,12H2,1-2H3,(H3,22,23). The topological polar surface area (TPSA) is 94.0 Å². The number of aromatic nitrogens is 2. The zero-order valence-electron chi connectivity index (χ0n) is 15.4. The van der Waals surface area contributed by atoms with Gasteiger partial charge in [-0.3, -0.25) is 10.2 Å². The van der Waals surface area contributed by atoms with Crippen LogP contribution in [0.1, 0.15) is 17.5 Å². The lowest BCUT2D eigenvalue weighted by Gasteiger charge is -2.03. The fourth-order valence-corrected chi connectivity index (χ4v) is 2.86. The first-order chi connectivity index (χ1) is 13.0. The third-order valence-electron chi connectivity index (χ3n) is 4.43. The Kier molecular flexibility index (Phi) is 5.35. The maximum absolute atomic E-state index is 11.3. The Morgan fingerprint density at radius 2 is 1.74 bits per heavy atom. The van der Waals surface area contributed by atoms with E-state index >= 15 is 0 Å². The second-order valence-corrected chi connectivity index (χ2v) is 6.32. The summed E-state index contributed by atoms with van der Waals surface area (Å²) in [7, 11) is 3.35. The van der Waals surface area contributed by atoms with Crippen LogP contribution < -0.4 is 5.73 Å². The molecule has 1 heterocycles. The summed E-state index contributed by atoms with van der Waals surface area (Å²) in [5.74, 6) is 0.688. The molecule has 0 fully saturated rings. The number of methoxy groups -OCH3 is 1. The van der Waals surface area contributed by atoms with Crippen molar-refractivity contribution in [3.05, 3.63) is 65.9 Å². The van der Waals surface area contributed by atoms with E-state index in [0.717, 1.165) is 28.2 Å². The zero-order valence-corrected chi connectivity index (χ0v) is 15.4. The second kappa shape index (κ2) is 7.86. The minimum atomic E-state index is -0.204. The molecule has 3 rings (SSSR count). The van der Waals surface area contributed by atoms with E-state index in [4.69, 9.17) is 16.1 Å². The maximum Gasteiger partial charge on any atom is 0.305 e. The molecule has 0 aliphatic carbocycles. The van der Waals surface area contributed by atoms with Gasteiger partial charge in [-0.25, -0.2) is 4.98 Å². The predicted octanol–water partition coefficient (Wildman–Crippen LogP) is 3.14. The van der Waals surface area contributed by atoms with Gasteiger partial charge in [0.05, 0.1) is 12.8 Å². The van der Waals surface area contributed by atoms with Gasteiger partial charge in [-0.1, -0.05) is 48.5 Å². The minimum absolute atomic E-state index is 0.0503. The van der Waals surface area contributed by atoms with Gasteiger partial charge in [0.2, 0.25) is 0 Å². The number of amidine groups is 1. The van der Waals surface area contributed by atoms with Crippen molar-refractivity contribution in [2.24, 2.45) is 12.8 Å². The first kappa shape index (κ1) is 18.4. The fraction of sp³-hybridized carbons (Fsp3) is 0.190. The number of aryl methyl sites for hydroxylation is 2. The summed E-state index contributed by atoms with van der Waals surface area (Å²) in [6.07, 6.45) is 3.01. The number of benzene rings is 2. The highest BCUT2D eigenvalue weighted by atomic mass is 16.5. The molecule has 0 amide bonds. The second-order valence-electron chi connectivity index (χ2n) is 6.32. The number of nitrogens with zero attached hydrogens (tertiary/aromatic N) is 2. The lowest BCUT2D eigenvalue weighted by atomic mass is 10.1. The van der Waals surface area contributed by atoms with Gasteiger partial charge in [-0.2, -0.15) is 0 Å². The molecule has 0 saturated heterocycles. The molecule has 0 saturated carbocycles. The number of rotatable bonds is 6. The molecule has 0 spiro atoms. The lowest BCUT2D eigenvalue weighted by molar-refractivity contribution is -0.140. The highest BCUT2D eigenvalue weighted by Crippen LogP contribution is 2.25. The number of nitrogens with two attached hydrogens (primary N) is 1. The Balaban J connectivity index is 1.79. The molecule has 6 heteroatoms.